The quantitative estimate of drug-likeness (QED) is 0.0379. The van der Waals surface area contributed by atoms with Crippen molar-refractivity contribution in [1.29, 1.82) is 0 Å². The molecule has 1 unspecified atom stereocenters. The number of hydrogen-bond donors (Lipinski definition) is 0. The maximum absolute atomic E-state index is 13.8. The molecular weight excluding hydrogens is 925 g/mol. The van der Waals surface area contributed by atoms with Crippen molar-refractivity contribution in [2.24, 2.45) is 5.92 Å². The number of hydrogen-bond acceptors (Lipinski definition) is 9. The summed E-state index contributed by atoms with van der Waals surface area (Å²) in [4.78, 5) is 33.4. The highest BCUT2D eigenvalue weighted by Gasteiger charge is 2.25. The van der Waals surface area contributed by atoms with Crippen LogP contribution in [0.25, 0.3) is 74.3 Å². The first-order valence-electron chi connectivity index (χ1n) is 25.9. The molecule has 0 fully saturated rings. The Balaban J connectivity index is 1.21. The Bertz CT molecular complexity index is 2930. The third-order valence-electron chi connectivity index (χ3n) is 13.3. The van der Waals surface area contributed by atoms with Crippen LogP contribution in [0.3, 0.4) is 0 Å². The molecule has 0 bridgehead atoms. The van der Waals surface area contributed by atoms with Gasteiger partial charge >= 0.3 is 0 Å². The molecular formula is C60H70N2O3S4. The van der Waals surface area contributed by atoms with E-state index < -0.39 is 0 Å². The second kappa shape index (κ2) is 24.9. The first kappa shape index (κ1) is 50.7. The van der Waals surface area contributed by atoms with Gasteiger partial charge in [0.05, 0.1) is 50.1 Å². The van der Waals surface area contributed by atoms with E-state index in [0.717, 1.165) is 104 Å². The molecule has 0 radical (unpaired) electrons. The highest BCUT2D eigenvalue weighted by molar-refractivity contribution is 7.30. The summed E-state index contributed by atoms with van der Waals surface area (Å²) >= 11 is 7.10. The number of aromatic nitrogens is 2. The number of benzene rings is 3. The van der Waals surface area contributed by atoms with E-state index in [1.54, 1.807) is 34.0 Å². The number of nitrogens with zero attached hydrogens (tertiary/aromatic N) is 2. The average Bonchev–Trinajstić information content (AvgIpc) is 4.19. The Kier molecular flexibility index (Phi) is 18.3. The third-order valence-corrected chi connectivity index (χ3v) is 18.0. The molecule has 9 heteroatoms. The molecule has 5 nitrogen and oxygen atoms in total. The molecule has 0 aliphatic rings. The van der Waals surface area contributed by atoms with Crippen molar-refractivity contribution in [1.82, 2.24) is 9.97 Å². The molecule has 0 saturated carbocycles. The van der Waals surface area contributed by atoms with Crippen LogP contribution < -0.4 is 9.47 Å². The summed E-state index contributed by atoms with van der Waals surface area (Å²) in [5.41, 5.74) is 7.44. The number of unbranched alkanes of at least 4 members (excludes halogenated alkanes) is 11. The Morgan fingerprint density at radius 3 is 1.64 bits per heavy atom. The van der Waals surface area contributed by atoms with Crippen LogP contribution in [-0.2, 0) is 0 Å². The molecule has 0 amide bonds. The second-order valence-electron chi connectivity index (χ2n) is 18.6. The number of rotatable bonds is 27. The van der Waals surface area contributed by atoms with Gasteiger partial charge in [0.1, 0.15) is 11.5 Å². The smallest absolute Gasteiger partial charge is 0.175 e. The Morgan fingerprint density at radius 1 is 0.551 bits per heavy atom. The van der Waals surface area contributed by atoms with Crippen LogP contribution in [0, 0.1) is 19.8 Å². The summed E-state index contributed by atoms with van der Waals surface area (Å²) in [5, 5.41) is 1.21. The molecule has 8 rings (SSSR count). The van der Waals surface area contributed by atoms with Crippen LogP contribution in [0.5, 0.6) is 11.5 Å². The van der Waals surface area contributed by atoms with E-state index in [4.69, 9.17) is 19.4 Å². The minimum absolute atomic E-state index is 0.0848. The number of Topliss-reactive ketones (excluding diaryl/α,β-unsaturated/α-hetero) is 1. The Labute approximate surface area is 427 Å². The molecule has 3 aromatic carbocycles. The fraction of sp³-hybridized carbons (Fsp3) is 0.417. The molecule has 8 aromatic rings. The van der Waals surface area contributed by atoms with Crippen LogP contribution in [0.4, 0.5) is 0 Å². The monoisotopic (exact) mass is 994 g/mol. The highest BCUT2D eigenvalue weighted by Crippen LogP contribution is 2.49. The number of ether oxygens (including phenoxy) is 2. The largest absolute Gasteiger partial charge is 0.494 e. The van der Waals surface area contributed by atoms with Crippen molar-refractivity contribution in [3.05, 3.63) is 106 Å². The lowest BCUT2D eigenvalue weighted by Gasteiger charge is -2.16. The first-order chi connectivity index (χ1) is 33.8. The zero-order chi connectivity index (χ0) is 48.1. The van der Waals surface area contributed by atoms with E-state index in [0.29, 0.717) is 19.0 Å². The van der Waals surface area contributed by atoms with Gasteiger partial charge in [-0.15, -0.1) is 45.3 Å². The van der Waals surface area contributed by atoms with Gasteiger partial charge in [-0.3, -0.25) is 4.79 Å². The lowest BCUT2D eigenvalue weighted by molar-refractivity contribution is 0.0912. The predicted octanol–water partition coefficient (Wildman–Crippen LogP) is 19.9. The predicted molar refractivity (Wildman–Crippen MR) is 301 cm³/mol. The van der Waals surface area contributed by atoms with Gasteiger partial charge in [0.15, 0.2) is 5.78 Å². The van der Waals surface area contributed by atoms with Gasteiger partial charge in [-0.05, 0) is 94.1 Å². The Hall–Kier alpha value is -4.67. The molecule has 5 heterocycles. The molecule has 69 heavy (non-hydrogen) atoms. The minimum atomic E-state index is 0.0848. The van der Waals surface area contributed by atoms with Crippen LogP contribution in [-0.4, -0.2) is 29.0 Å². The molecule has 0 aliphatic carbocycles. The molecule has 5 aromatic heterocycles. The molecule has 0 N–H and O–H groups in total. The van der Waals surface area contributed by atoms with Crippen molar-refractivity contribution in [3.8, 4) is 64.6 Å². The van der Waals surface area contributed by atoms with Gasteiger partial charge in [-0.1, -0.05) is 141 Å². The number of fused-ring (bicyclic) bond motifs is 2. The SMILES string of the molecule is CCCCCCCCOc1cccc(-c2nc3c(-c4ccc(C)s4)ccc(-c4ccc(-c5sc(C)c6cc(C(=O)C(CC)CCCC)sc56)s4)c3nc2-c2cccc(OCCCCCCCC)c2)c1. The van der Waals surface area contributed by atoms with Crippen molar-refractivity contribution in [2.75, 3.05) is 13.2 Å². The van der Waals surface area contributed by atoms with Gasteiger partial charge in [0, 0.05) is 57.9 Å². The van der Waals surface area contributed by atoms with E-state index >= 15 is 0 Å². The fourth-order valence-electron chi connectivity index (χ4n) is 9.26. The van der Waals surface area contributed by atoms with Gasteiger partial charge in [0.2, 0.25) is 0 Å². The van der Waals surface area contributed by atoms with E-state index in [9.17, 15) is 4.79 Å². The number of thiophene rings is 4. The number of carbonyl (C=O) groups is 1. The minimum Gasteiger partial charge on any atom is -0.494 e. The molecule has 0 aliphatic heterocycles. The number of aryl methyl sites for hydroxylation is 2. The Morgan fingerprint density at radius 2 is 1.09 bits per heavy atom. The number of carbonyl (C=O) groups excluding carboxylic acids is 1. The van der Waals surface area contributed by atoms with Crippen molar-refractivity contribution in [3.63, 3.8) is 0 Å². The van der Waals surface area contributed by atoms with E-state index in [-0.39, 0.29) is 5.92 Å². The molecule has 1 atom stereocenters. The summed E-state index contributed by atoms with van der Waals surface area (Å²) < 4.78 is 14.1. The standard InChI is InChI=1S/C60H70N2O3S4/c1-7-11-14-16-18-20-35-64-45-27-22-25-43(37-45)54-55(44-26-23-28-46(38-44)65-36-21-19-17-15-12-8-2)62-57-48(31-30-47(56(57)61-54)50-32-29-40(5)66-50)51-33-34-52(68-51)60-59-49(41(6)67-60)39-53(69-59)58(63)42(10-4)24-13-9-3/h22-23,25-34,37-39,42H,7-21,24,35-36H2,1-6H3. The van der Waals surface area contributed by atoms with Crippen molar-refractivity contribution < 1.29 is 14.3 Å². The normalized spacial score (nSPS) is 12.1. The number of ketones is 1. The van der Waals surface area contributed by atoms with Crippen LogP contribution in [0.2, 0.25) is 0 Å². The van der Waals surface area contributed by atoms with E-state index in [1.807, 2.05) is 11.3 Å². The van der Waals surface area contributed by atoms with Crippen molar-refractivity contribution >= 4 is 72.2 Å². The average molecular weight is 995 g/mol. The van der Waals surface area contributed by atoms with Gasteiger partial charge in [0.25, 0.3) is 0 Å². The lowest BCUT2D eigenvalue weighted by atomic mass is 9.94. The van der Waals surface area contributed by atoms with E-state index in [1.165, 1.54) is 98.7 Å². The summed E-state index contributed by atoms with van der Waals surface area (Å²) in [5.74, 6) is 2.08. The highest BCUT2D eigenvalue weighted by atomic mass is 32.1. The fourth-order valence-corrected chi connectivity index (χ4v) is 13.9. The van der Waals surface area contributed by atoms with Gasteiger partial charge < -0.3 is 9.47 Å². The van der Waals surface area contributed by atoms with E-state index in [2.05, 4.69) is 133 Å². The molecule has 0 spiro atoms. The maximum Gasteiger partial charge on any atom is 0.175 e. The topological polar surface area (TPSA) is 61.3 Å². The summed E-state index contributed by atoms with van der Waals surface area (Å²) in [7, 11) is 0. The first-order valence-corrected chi connectivity index (χ1v) is 29.1. The molecule has 362 valence electrons. The van der Waals surface area contributed by atoms with Crippen LogP contribution in [0.15, 0.2) is 91.0 Å². The summed E-state index contributed by atoms with van der Waals surface area (Å²) in [6.07, 6.45) is 18.7. The van der Waals surface area contributed by atoms with Crippen LogP contribution >= 0.6 is 45.3 Å². The summed E-state index contributed by atoms with van der Waals surface area (Å²) in [6, 6.07) is 32.4. The summed E-state index contributed by atoms with van der Waals surface area (Å²) in [6.45, 7) is 14.6. The zero-order valence-electron chi connectivity index (χ0n) is 41.7. The maximum atomic E-state index is 13.8. The van der Waals surface area contributed by atoms with Crippen LogP contribution in [0.1, 0.15) is 150 Å². The zero-order valence-corrected chi connectivity index (χ0v) is 45.0. The second-order valence-corrected chi connectivity index (χ2v) is 23.2. The van der Waals surface area contributed by atoms with Gasteiger partial charge in [-0.2, -0.15) is 0 Å². The molecule has 0 saturated heterocycles. The van der Waals surface area contributed by atoms with Gasteiger partial charge in [-0.25, -0.2) is 9.97 Å². The lowest BCUT2D eigenvalue weighted by Crippen LogP contribution is -2.12. The van der Waals surface area contributed by atoms with Crippen molar-refractivity contribution in [2.45, 2.75) is 144 Å². The third kappa shape index (κ3) is 12.4.